The molecule has 128 valence electrons. The Morgan fingerprint density at radius 3 is 2.75 bits per heavy atom. The highest BCUT2D eigenvalue weighted by Crippen LogP contribution is 2.32. The number of nitrogens with zero attached hydrogens (tertiary/aromatic N) is 2. The van der Waals surface area contributed by atoms with Crippen LogP contribution in [0.25, 0.3) is 0 Å². The molecule has 1 amide bonds. The van der Waals surface area contributed by atoms with Gasteiger partial charge in [0.05, 0.1) is 18.8 Å². The number of ether oxygens (including phenoxy) is 1. The number of fused-ring (bicyclic) bond motifs is 1. The largest absolute Gasteiger partial charge is 0.485 e. The Morgan fingerprint density at radius 1 is 1.25 bits per heavy atom. The van der Waals surface area contributed by atoms with Gasteiger partial charge in [-0.25, -0.2) is 0 Å². The summed E-state index contributed by atoms with van der Waals surface area (Å²) in [6.07, 6.45) is 0.722. The van der Waals surface area contributed by atoms with Gasteiger partial charge >= 0.3 is 0 Å². The lowest BCUT2D eigenvalue weighted by Gasteiger charge is -2.37. The van der Waals surface area contributed by atoms with Crippen molar-refractivity contribution in [3.63, 3.8) is 0 Å². The van der Waals surface area contributed by atoms with Crippen LogP contribution in [0.2, 0.25) is 0 Å². The third-order valence-corrected chi connectivity index (χ3v) is 4.35. The van der Waals surface area contributed by atoms with Crippen LogP contribution in [0, 0.1) is 0 Å². The number of carbonyl (C=O) groups excluding carboxylic acids is 1. The van der Waals surface area contributed by atoms with Crippen molar-refractivity contribution in [2.45, 2.75) is 26.4 Å². The molecule has 0 radical (unpaired) electrons. The van der Waals surface area contributed by atoms with Gasteiger partial charge in [0.15, 0.2) is 5.76 Å². The Bertz CT molecular complexity index is 710. The van der Waals surface area contributed by atoms with E-state index < -0.39 is 0 Å². The quantitative estimate of drug-likeness (QED) is 0.845. The topological polar surface area (TPSA) is 45.9 Å². The van der Waals surface area contributed by atoms with E-state index in [1.807, 2.05) is 31.2 Å². The Labute approximate surface area is 142 Å². The number of para-hydroxylation sites is 2. The second kappa shape index (κ2) is 6.99. The smallest absolute Gasteiger partial charge is 0.289 e. The molecule has 0 N–H and O–H groups in total. The van der Waals surface area contributed by atoms with Crippen molar-refractivity contribution in [2.75, 3.05) is 31.6 Å². The molecule has 0 aliphatic carbocycles. The summed E-state index contributed by atoms with van der Waals surface area (Å²) in [6.45, 7) is 6.33. The number of likely N-dealkylation sites (N-methyl/N-ethyl adjacent to an activating group) is 2. The number of anilines is 1. The Balaban J connectivity index is 1.68. The SMILES string of the molecule is CCc1ccc(C(=O)N(C)C[C@@H]2CN(CC)c3ccccc3O2)o1. The second-order valence-electron chi connectivity index (χ2n) is 6.05. The van der Waals surface area contributed by atoms with Crippen molar-refractivity contribution >= 4 is 11.6 Å². The molecule has 1 aromatic carbocycles. The van der Waals surface area contributed by atoms with E-state index in [-0.39, 0.29) is 12.0 Å². The van der Waals surface area contributed by atoms with E-state index in [0.717, 1.165) is 36.7 Å². The highest BCUT2D eigenvalue weighted by Gasteiger charge is 2.27. The lowest BCUT2D eigenvalue weighted by atomic mass is 10.2. The first kappa shape index (κ1) is 16.4. The van der Waals surface area contributed by atoms with Crippen LogP contribution in [-0.2, 0) is 6.42 Å². The molecule has 0 spiro atoms. The van der Waals surface area contributed by atoms with Gasteiger partial charge in [-0.2, -0.15) is 0 Å². The Kier molecular flexibility index (Phi) is 4.79. The maximum Gasteiger partial charge on any atom is 0.289 e. The fraction of sp³-hybridized carbons (Fsp3) is 0.421. The van der Waals surface area contributed by atoms with Crippen molar-refractivity contribution in [3.05, 3.63) is 47.9 Å². The normalized spacial score (nSPS) is 16.5. The van der Waals surface area contributed by atoms with E-state index in [4.69, 9.17) is 9.15 Å². The molecule has 2 aromatic rings. The molecule has 0 fully saturated rings. The lowest BCUT2D eigenvalue weighted by molar-refractivity contribution is 0.0678. The first-order valence-corrected chi connectivity index (χ1v) is 8.47. The molecule has 1 aliphatic heterocycles. The van der Waals surface area contributed by atoms with Gasteiger partial charge in [-0.15, -0.1) is 0 Å². The highest BCUT2D eigenvalue weighted by molar-refractivity contribution is 5.91. The van der Waals surface area contributed by atoms with E-state index in [2.05, 4.69) is 17.9 Å². The van der Waals surface area contributed by atoms with E-state index in [1.54, 1.807) is 18.0 Å². The number of benzene rings is 1. The van der Waals surface area contributed by atoms with E-state index in [1.165, 1.54) is 0 Å². The lowest BCUT2D eigenvalue weighted by Crippen LogP contribution is -2.46. The fourth-order valence-electron chi connectivity index (χ4n) is 3.03. The zero-order valence-corrected chi connectivity index (χ0v) is 14.5. The van der Waals surface area contributed by atoms with Gasteiger partial charge in [0.2, 0.25) is 0 Å². The molecule has 1 aliphatic rings. The van der Waals surface area contributed by atoms with Crippen LogP contribution in [0.3, 0.4) is 0 Å². The predicted molar refractivity (Wildman–Crippen MR) is 93.8 cm³/mol. The molecule has 3 rings (SSSR count). The highest BCUT2D eigenvalue weighted by atomic mass is 16.5. The van der Waals surface area contributed by atoms with Crippen LogP contribution in [-0.4, -0.2) is 43.6 Å². The third kappa shape index (κ3) is 3.25. The van der Waals surface area contributed by atoms with E-state index in [0.29, 0.717) is 12.3 Å². The summed E-state index contributed by atoms with van der Waals surface area (Å²) in [7, 11) is 1.79. The average molecular weight is 328 g/mol. The third-order valence-electron chi connectivity index (χ3n) is 4.35. The molecule has 0 saturated heterocycles. The minimum absolute atomic E-state index is 0.0607. The number of hydrogen-bond donors (Lipinski definition) is 0. The standard InChI is InChI=1S/C19H24N2O3/c1-4-14-10-11-18(23-14)19(22)20(3)12-15-13-21(5-2)16-8-6-7-9-17(16)24-15/h6-11,15H,4-5,12-13H2,1-3H3/t15-/m1/s1. The summed E-state index contributed by atoms with van der Waals surface area (Å²) in [5.74, 6) is 1.98. The number of rotatable bonds is 5. The van der Waals surface area contributed by atoms with Crippen LogP contribution in [0.4, 0.5) is 5.69 Å². The molecule has 1 atom stereocenters. The summed E-state index contributed by atoms with van der Waals surface area (Å²) >= 11 is 0. The average Bonchev–Trinajstić information content (AvgIpc) is 3.09. The molecular formula is C19H24N2O3. The van der Waals surface area contributed by atoms with Crippen LogP contribution < -0.4 is 9.64 Å². The van der Waals surface area contributed by atoms with Crippen LogP contribution in [0.15, 0.2) is 40.8 Å². The second-order valence-corrected chi connectivity index (χ2v) is 6.05. The number of furan rings is 1. The van der Waals surface area contributed by atoms with Gasteiger partial charge in [0.1, 0.15) is 17.6 Å². The van der Waals surface area contributed by atoms with Crippen LogP contribution in [0.1, 0.15) is 30.2 Å². The van der Waals surface area contributed by atoms with Crippen molar-refractivity contribution in [1.82, 2.24) is 4.90 Å². The van der Waals surface area contributed by atoms with Gasteiger partial charge in [-0.3, -0.25) is 4.79 Å². The Morgan fingerprint density at radius 2 is 2.04 bits per heavy atom. The summed E-state index contributed by atoms with van der Waals surface area (Å²) in [5, 5.41) is 0. The van der Waals surface area contributed by atoms with Crippen molar-refractivity contribution < 1.29 is 13.9 Å². The maximum absolute atomic E-state index is 12.5. The molecule has 24 heavy (non-hydrogen) atoms. The monoisotopic (exact) mass is 328 g/mol. The maximum atomic E-state index is 12.5. The summed E-state index contributed by atoms with van der Waals surface area (Å²) < 4.78 is 11.6. The fourth-order valence-corrected chi connectivity index (χ4v) is 3.03. The summed E-state index contributed by atoms with van der Waals surface area (Å²) in [4.78, 5) is 16.5. The first-order valence-electron chi connectivity index (χ1n) is 8.47. The summed E-state index contributed by atoms with van der Waals surface area (Å²) in [5.41, 5.74) is 1.11. The summed E-state index contributed by atoms with van der Waals surface area (Å²) in [6, 6.07) is 11.6. The molecule has 0 unspecified atom stereocenters. The number of amides is 1. The first-order chi connectivity index (χ1) is 11.6. The molecular weight excluding hydrogens is 304 g/mol. The van der Waals surface area contributed by atoms with Crippen LogP contribution >= 0.6 is 0 Å². The van der Waals surface area contributed by atoms with Gasteiger partial charge in [-0.05, 0) is 31.2 Å². The van der Waals surface area contributed by atoms with E-state index >= 15 is 0 Å². The van der Waals surface area contributed by atoms with Crippen molar-refractivity contribution in [1.29, 1.82) is 0 Å². The molecule has 0 bridgehead atoms. The van der Waals surface area contributed by atoms with Crippen molar-refractivity contribution in [3.8, 4) is 5.75 Å². The van der Waals surface area contributed by atoms with Gasteiger partial charge < -0.3 is 19.0 Å². The minimum atomic E-state index is -0.111. The van der Waals surface area contributed by atoms with Gasteiger partial charge in [-0.1, -0.05) is 19.1 Å². The zero-order valence-electron chi connectivity index (χ0n) is 14.5. The molecule has 0 saturated carbocycles. The number of hydrogen-bond acceptors (Lipinski definition) is 4. The number of carbonyl (C=O) groups is 1. The molecule has 5 heteroatoms. The molecule has 2 heterocycles. The Hall–Kier alpha value is -2.43. The predicted octanol–water partition coefficient (Wildman–Crippen LogP) is 3.20. The van der Waals surface area contributed by atoms with Gasteiger partial charge in [0.25, 0.3) is 5.91 Å². The van der Waals surface area contributed by atoms with Gasteiger partial charge in [0, 0.05) is 20.0 Å². The zero-order chi connectivity index (χ0) is 17.1. The van der Waals surface area contributed by atoms with Crippen molar-refractivity contribution in [2.24, 2.45) is 0 Å². The molecule has 5 nitrogen and oxygen atoms in total. The minimum Gasteiger partial charge on any atom is -0.485 e. The molecule has 1 aromatic heterocycles. The van der Waals surface area contributed by atoms with Crippen LogP contribution in [0.5, 0.6) is 5.75 Å². The van der Waals surface area contributed by atoms with E-state index in [9.17, 15) is 4.79 Å². The number of aryl methyl sites for hydroxylation is 1.